The third-order valence-electron chi connectivity index (χ3n) is 8.46. The largest absolute Gasteiger partial charge is 0.445 e. The van der Waals surface area contributed by atoms with Gasteiger partial charge in [0.05, 0.1) is 9.82 Å². The number of benzene rings is 3. The molecule has 0 aromatic heterocycles. The molecule has 3 atom stereocenters. The molecule has 10 nitrogen and oxygen atoms in total. The number of nitro groups is 1. The molecule has 0 N–H and O–H groups in total. The molecule has 1 fully saturated rings. The number of ether oxygens (including phenoxy) is 1. The van der Waals surface area contributed by atoms with Crippen LogP contribution >= 0.6 is 0 Å². The van der Waals surface area contributed by atoms with Gasteiger partial charge < -0.3 is 14.5 Å². The highest BCUT2D eigenvalue weighted by molar-refractivity contribution is 7.89. The number of hydrogen-bond acceptors (Lipinski definition) is 7. The molecule has 0 bridgehead atoms. The zero-order valence-corrected chi connectivity index (χ0v) is 26.7. The van der Waals surface area contributed by atoms with Gasteiger partial charge in [0.15, 0.2) is 0 Å². The molecule has 1 amide bonds. The highest BCUT2D eigenvalue weighted by atomic mass is 32.2. The minimum absolute atomic E-state index is 0.00581. The highest BCUT2D eigenvalue weighted by Gasteiger charge is 2.33. The lowest BCUT2D eigenvalue weighted by Gasteiger charge is -2.42. The maximum Gasteiger partial charge on any atom is 0.410 e. The van der Waals surface area contributed by atoms with E-state index in [1.54, 1.807) is 60.5 Å². The van der Waals surface area contributed by atoms with Gasteiger partial charge in [0, 0.05) is 50.9 Å². The number of hydrogen-bond donors (Lipinski definition) is 0. The Morgan fingerprint density at radius 1 is 1.09 bits per heavy atom. The van der Waals surface area contributed by atoms with E-state index in [9.17, 15) is 23.3 Å². The van der Waals surface area contributed by atoms with Gasteiger partial charge in [0.25, 0.3) is 5.69 Å². The minimum Gasteiger partial charge on any atom is -0.445 e. The summed E-state index contributed by atoms with van der Waals surface area (Å²) in [5.74, 6) is 0.00581. The second-order valence-electron chi connectivity index (χ2n) is 11.5. The summed E-state index contributed by atoms with van der Waals surface area (Å²) in [4.78, 5) is 28.0. The summed E-state index contributed by atoms with van der Waals surface area (Å²) >= 11 is 0. The first-order valence-corrected chi connectivity index (χ1v) is 16.6. The molecule has 0 aliphatic carbocycles. The van der Waals surface area contributed by atoms with E-state index >= 15 is 0 Å². The van der Waals surface area contributed by atoms with Crippen LogP contribution < -0.4 is 0 Å². The van der Waals surface area contributed by atoms with Crippen LogP contribution in [0.1, 0.15) is 43.2 Å². The Hall–Kier alpha value is -4.06. The van der Waals surface area contributed by atoms with E-state index in [2.05, 4.69) is 30.5 Å². The number of piperidine rings is 1. The summed E-state index contributed by atoms with van der Waals surface area (Å²) in [6.45, 7) is 8.30. The summed E-state index contributed by atoms with van der Waals surface area (Å²) in [7, 11) is -1.98. The van der Waals surface area contributed by atoms with E-state index in [0.29, 0.717) is 18.7 Å². The first kappa shape index (κ1) is 33.8. The van der Waals surface area contributed by atoms with Gasteiger partial charge in [-0.1, -0.05) is 54.6 Å². The summed E-state index contributed by atoms with van der Waals surface area (Å²) in [6.07, 6.45) is 3.56. The van der Waals surface area contributed by atoms with E-state index in [0.717, 1.165) is 37.9 Å². The molecule has 1 aliphatic heterocycles. The molecular weight excluding hydrogens is 592 g/mol. The van der Waals surface area contributed by atoms with Crippen molar-refractivity contribution in [2.45, 2.75) is 55.7 Å². The van der Waals surface area contributed by atoms with Crippen LogP contribution in [0.4, 0.5) is 10.5 Å². The van der Waals surface area contributed by atoms with Crippen molar-refractivity contribution in [1.82, 2.24) is 14.1 Å². The van der Waals surface area contributed by atoms with Gasteiger partial charge in [-0.2, -0.15) is 0 Å². The lowest BCUT2D eigenvalue weighted by Crippen LogP contribution is -2.51. The summed E-state index contributed by atoms with van der Waals surface area (Å²) < 4.78 is 33.6. The fourth-order valence-electron chi connectivity index (χ4n) is 5.86. The number of carbonyl (C=O) groups is 1. The van der Waals surface area contributed by atoms with E-state index in [1.165, 1.54) is 16.4 Å². The predicted molar refractivity (Wildman–Crippen MR) is 174 cm³/mol. The predicted octanol–water partition coefficient (Wildman–Crippen LogP) is 6.07. The van der Waals surface area contributed by atoms with E-state index in [4.69, 9.17) is 4.74 Å². The molecule has 11 heteroatoms. The van der Waals surface area contributed by atoms with Gasteiger partial charge in [-0.3, -0.25) is 10.1 Å². The van der Waals surface area contributed by atoms with Gasteiger partial charge in [-0.25, -0.2) is 17.5 Å². The van der Waals surface area contributed by atoms with Gasteiger partial charge in [-0.15, -0.1) is 6.58 Å². The molecular formula is C34H42N4O6S. The Kier molecular flexibility index (Phi) is 11.9. The average molecular weight is 635 g/mol. The van der Waals surface area contributed by atoms with Gasteiger partial charge >= 0.3 is 6.09 Å². The Bertz CT molecular complexity index is 1520. The lowest BCUT2D eigenvalue weighted by atomic mass is 9.93. The topological polar surface area (TPSA) is 113 Å². The number of nitro benzene ring substituents is 1. The van der Waals surface area contributed by atoms with Crippen molar-refractivity contribution < 1.29 is 22.9 Å². The Labute approximate surface area is 266 Å². The standard InChI is InChI=1S/C34H42N4O6S/c1-4-21-37(34(39)44-26-28-15-17-31(18-16-28)38(40)41)32-20-23-36(27(2)24-32)22-19-30(29-11-7-5-8-12-29)25-35(3)45(42,43)33-13-9-6-10-14-33/h4-18,27,30,32H,1,19-26H2,2-3H3/t27?,30-,32?/m1/s1. The Morgan fingerprint density at radius 2 is 1.73 bits per heavy atom. The molecule has 1 heterocycles. The zero-order valence-electron chi connectivity index (χ0n) is 25.9. The molecule has 0 radical (unpaired) electrons. The number of amides is 1. The van der Waals surface area contributed by atoms with Crippen LogP contribution in [0.3, 0.4) is 0 Å². The van der Waals surface area contributed by atoms with E-state index in [-0.39, 0.29) is 35.2 Å². The molecule has 0 saturated carbocycles. The Morgan fingerprint density at radius 3 is 2.33 bits per heavy atom. The number of sulfonamides is 1. The van der Waals surface area contributed by atoms with Gasteiger partial charge in [0.1, 0.15) is 6.61 Å². The number of carbonyl (C=O) groups excluding carboxylic acids is 1. The first-order valence-electron chi connectivity index (χ1n) is 15.2. The third kappa shape index (κ3) is 9.00. The number of likely N-dealkylation sites (tertiary alicyclic amines) is 1. The number of likely N-dealkylation sites (N-methyl/N-ethyl adjacent to an activating group) is 1. The fraction of sp³-hybridized carbons (Fsp3) is 0.382. The van der Waals surface area contributed by atoms with Crippen molar-refractivity contribution >= 4 is 21.8 Å². The third-order valence-corrected chi connectivity index (χ3v) is 10.3. The van der Waals surface area contributed by atoms with Crippen LogP contribution in [-0.4, -0.2) is 78.8 Å². The average Bonchev–Trinajstić information content (AvgIpc) is 3.05. The van der Waals surface area contributed by atoms with Crippen LogP contribution in [0.25, 0.3) is 0 Å². The molecule has 1 saturated heterocycles. The normalized spacial score (nSPS) is 17.8. The highest BCUT2D eigenvalue weighted by Crippen LogP contribution is 2.28. The van der Waals surface area contributed by atoms with Crippen molar-refractivity contribution in [2.24, 2.45) is 0 Å². The maximum absolute atomic E-state index is 13.3. The fourth-order valence-corrected chi connectivity index (χ4v) is 7.09. The smallest absolute Gasteiger partial charge is 0.410 e. The van der Waals surface area contributed by atoms with Crippen LogP contribution in [0.2, 0.25) is 0 Å². The molecule has 2 unspecified atom stereocenters. The minimum atomic E-state index is -3.62. The van der Waals surface area contributed by atoms with Crippen LogP contribution in [0.15, 0.2) is 102 Å². The van der Waals surface area contributed by atoms with E-state index in [1.807, 2.05) is 18.2 Å². The van der Waals surface area contributed by atoms with Crippen LogP contribution in [0.5, 0.6) is 0 Å². The molecule has 4 rings (SSSR count). The Balaban J connectivity index is 1.36. The van der Waals surface area contributed by atoms with Crippen LogP contribution in [-0.2, 0) is 21.4 Å². The number of rotatable bonds is 14. The van der Waals surface area contributed by atoms with Gasteiger partial charge in [0.2, 0.25) is 10.0 Å². The van der Waals surface area contributed by atoms with E-state index < -0.39 is 21.0 Å². The summed E-state index contributed by atoms with van der Waals surface area (Å²) in [5.41, 5.74) is 1.76. The summed E-state index contributed by atoms with van der Waals surface area (Å²) in [6, 6.07) is 24.7. The first-order chi connectivity index (χ1) is 21.6. The molecule has 240 valence electrons. The quantitative estimate of drug-likeness (QED) is 0.120. The number of nitrogens with zero attached hydrogens (tertiary/aromatic N) is 4. The van der Waals surface area contributed by atoms with Crippen molar-refractivity contribution in [3.05, 3.63) is 119 Å². The second kappa shape index (κ2) is 15.8. The molecule has 3 aromatic carbocycles. The maximum atomic E-state index is 13.3. The van der Waals surface area contributed by atoms with Crippen LogP contribution in [0, 0.1) is 10.1 Å². The number of non-ortho nitro benzene ring substituents is 1. The van der Waals surface area contributed by atoms with Crippen molar-refractivity contribution in [3.63, 3.8) is 0 Å². The molecule has 1 aliphatic rings. The molecule has 0 spiro atoms. The summed E-state index contributed by atoms with van der Waals surface area (Å²) in [5, 5.41) is 10.9. The second-order valence-corrected chi connectivity index (χ2v) is 13.5. The van der Waals surface area contributed by atoms with Crippen molar-refractivity contribution in [1.29, 1.82) is 0 Å². The monoisotopic (exact) mass is 634 g/mol. The SMILES string of the molecule is C=CCN(C(=O)OCc1ccc([N+](=O)[O-])cc1)C1CCN(CC[C@H](CN(C)S(=O)(=O)c2ccccc2)c2ccccc2)C(C)C1. The molecule has 45 heavy (non-hydrogen) atoms. The molecule has 3 aromatic rings. The van der Waals surface area contributed by atoms with Gasteiger partial charge in [-0.05, 0) is 74.0 Å². The zero-order chi connectivity index (χ0) is 32.4. The lowest BCUT2D eigenvalue weighted by molar-refractivity contribution is -0.384. The van der Waals surface area contributed by atoms with Crippen molar-refractivity contribution in [3.8, 4) is 0 Å². The van der Waals surface area contributed by atoms with Crippen molar-refractivity contribution in [2.75, 3.05) is 33.2 Å².